The molecule has 24 heavy (non-hydrogen) atoms. The average Bonchev–Trinajstić information content (AvgIpc) is 3.46. The van der Waals surface area contributed by atoms with E-state index in [9.17, 15) is 9.59 Å². The molecule has 2 aliphatic rings. The Hall–Kier alpha value is -2.17. The molecule has 0 heterocycles. The SMILES string of the molecule is CC(=NNC(=O)c1ccc(NC(=O)C2CCCCC2)cc1)C1CC1. The molecule has 0 bridgehead atoms. The molecule has 3 rings (SSSR count). The van der Waals surface area contributed by atoms with Crippen molar-refractivity contribution in [3.8, 4) is 0 Å². The van der Waals surface area contributed by atoms with E-state index in [1.165, 1.54) is 19.3 Å². The van der Waals surface area contributed by atoms with E-state index in [-0.39, 0.29) is 17.7 Å². The topological polar surface area (TPSA) is 70.6 Å². The number of hydrogen-bond acceptors (Lipinski definition) is 3. The van der Waals surface area contributed by atoms with Gasteiger partial charge in [-0.25, -0.2) is 5.43 Å². The van der Waals surface area contributed by atoms with Crippen LogP contribution in [0, 0.1) is 11.8 Å². The molecule has 0 aromatic heterocycles. The van der Waals surface area contributed by atoms with Gasteiger partial charge in [0.15, 0.2) is 0 Å². The van der Waals surface area contributed by atoms with Crippen molar-refractivity contribution < 1.29 is 9.59 Å². The lowest BCUT2D eigenvalue weighted by Gasteiger charge is -2.20. The van der Waals surface area contributed by atoms with E-state index in [0.717, 1.165) is 37.1 Å². The van der Waals surface area contributed by atoms with Gasteiger partial charge in [0.2, 0.25) is 5.91 Å². The Morgan fingerprint density at radius 1 is 0.958 bits per heavy atom. The summed E-state index contributed by atoms with van der Waals surface area (Å²) in [6.45, 7) is 1.95. The van der Waals surface area contributed by atoms with Crippen LogP contribution in [0.2, 0.25) is 0 Å². The number of nitrogens with one attached hydrogen (secondary N) is 2. The first-order valence-electron chi connectivity index (χ1n) is 8.89. The first-order valence-corrected chi connectivity index (χ1v) is 8.89. The predicted octanol–water partition coefficient (Wildman–Crippen LogP) is 3.72. The van der Waals surface area contributed by atoms with Gasteiger partial charge in [-0.3, -0.25) is 9.59 Å². The van der Waals surface area contributed by atoms with Gasteiger partial charge in [-0.05, 0) is 62.8 Å². The number of nitrogens with zero attached hydrogens (tertiary/aromatic N) is 1. The minimum absolute atomic E-state index is 0.0940. The zero-order valence-corrected chi connectivity index (χ0v) is 14.2. The molecular weight excluding hydrogens is 302 g/mol. The number of hydrazone groups is 1. The summed E-state index contributed by atoms with van der Waals surface area (Å²) in [7, 11) is 0. The van der Waals surface area contributed by atoms with Crippen molar-refractivity contribution in [1.29, 1.82) is 0 Å². The fourth-order valence-corrected chi connectivity index (χ4v) is 3.11. The third kappa shape index (κ3) is 4.43. The highest BCUT2D eigenvalue weighted by molar-refractivity contribution is 5.97. The van der Waals surface area contributed by atoms with Crippen LogP contribution in [0.3, 0.4) is 0 Å². The maximum atomic E-state index is 12.2. The van der Waals surface area contributed by atoms with Gasteiger partial charge in [-0.2, -0.15) is 5.10 Å². The van der Waals surface area contributed by atoms with Crippen molar-refractivity contribution in [1.82, 2.24) is 5.43 Å². The third-order valence-electron chi connectivity index (χ3n) is 4.89. The number of carbonyl (C=O) groups is 2. The number of hydrogen-bond donors (Lipinski definition) is 2. The van der Waals surface area contributed by atoms with Gasteiger partial charge in [-0.15, -0.1) is 0 Å². The number of carbonyl (C=O) groups excluding carboxylic acids is 2. The standard InChI is InChI=1S/C19H25N3O2/c1-13(14-7-8-14)21-22-19(24)16-9-11-17(12-10-16)20-18(23)15-5-3-2-4-6-15/h9-12,14-15H,2-8H2,1H3,(H,20,23)(H,22,24). The molecule has 2 aliphatic carbocycles. The Morgan fingerprint density at radius 2 is 1.62 bits per heavy atom. The van der Waals surface area contributed by atoms with E-state index in [4.69, 9.17) is 0 Å². The number of benzene rings is 1. The zero-order valence-electron chi connectivity index (χ0n) is 14.2. The molecule has 0 saturated heterocycles. The molecule has 2 fully saturated rings. The Kier molecular flexibility index (Phi) is 5.28. The van der Waals surface area contributed by atoms with Crippen LogP contribution in [-0.4, -0.2) is 17.5 Å². The summed E-state index contributed by atoms with van der Waals surface area (Å²) in [5.41, 5.74) is 4.86. The van der Waals surface area contributed by atoms with Crippen molar-refractivity contribution >= 4 is 23.2 Å². The van der Waals surface area contributed by atoms with E-state index in [1.807, 2.05) is 6.92 Å². The third-order valence-corrected chi connectivity index (χ3v) is 4.89. The van der Waals surface area contributed by atoms with Gasteiger partial charge in [0.1, 0.15) is 0 Å². The Bertz CT molecular complexity index is 627. The first-order chi connectivity index (χ1) is 11.6. The van der Waals surface area contributed by atoms with Crippen molar-refractivity contribution in [2.75, 3.05) is 5.32 Å². The van der Waals surface area contributed by atoms with Crippen molar-refractivity contribution in [2.45, 2.75) is 51.9 Å². The maximum Gasteiger partial charge on any atom is 0.271 e. The molecule has 2 amide bonds. The van der Waals surface area contributed by atoms with Gasteiger partial charge < -0.3 is 5.32 Å². The van der Waals surface area contributed by atoms with Crippen LogP contribution in [0.15, 0.2) is 29.4 Å². The van der Waals surface area contributed by atoms with Crippen molar-refractivity contribution in [2.24, 2.45) is 16.9 Å². The lowest BCUT2D eigenvalue weighted by atomic mass is 9.88. The molecule has 0 spiro atoms. The summed E-state index contributed by atoms with van der Waals surface area (Å²) >= 11 is 0. The molecule has 2 saturated carbocycles. The molecule has 0 atom stereocenters. The Morgan fingerprint density at radius 3 is 2.25 bits per heavy atom. The molecule has 2 N–H and O–H groups in total. The summed E-state index contributed by atoms with van der Waals surface area (Å²) in [6, 6.07) is 6.97. The van der Waals surface area contributed by atoms with Gasteiger partial charge in [0.05, 0.1) is 0 Å². The summed E-state index contributed by atoms with van der Waals surface area (Å²) in [6.07, 6.45) is 7.79. The number of amides is 2. The fourth-order valence-electron chi connectivity index (χ4n) is 3.11. The van der Waals surface area contributed by atoms with E-state index < -0.39 is 0 Å². The molecular formula is C19H25N3O2. The lowest BCUT2D eigenvalue weighted by Crippen LogP contribution is -2.24. The highest BCUT2D eigenvalue weighted by Crippen LogP contribution is 2.30. The van der Waals surface area contributed by atoms with E-state index in [2.05, 4.69) is 15.8 Å². The average molecular weight is 327 g/mol. The highest BCUT2D eigenvalue weighted by atomic mass is 16.2. The summed E-state index contributed by atoms with van der Waals surface area (Å²) in [4.78, 5) is 24.3. The molecule has 5 nitrogen and oxygen atoms in total. The highest BCUT2D eigenvalue weighted by Gasteiger charge is 2.24. The first kappa shape index (κ1) is 16.7. The second kappa shape index (κ2) is 7.60. The van der Waals surface area contributed by atoms with Crippen LogP contribution in [0.25, 0.3) is 0 Å². The van der Waals surface area contributed by atoms with E-state index in [1.54, 1.807) is 24.3 Å². The lowest BCUT2D eigenvalue weighted by molar-refractivity contribution is -0.120. The number of anilines is 1. The van der Waals surface area contributed by atoms with Gasteiger partial charge >= 0.3 is 0 Å². The summed E-state index contributed by atoms with van der Waals surface area (Å²) in [5.74, 6) is 0.542. The van der Waals surface area contributed by atoms with Crippen LogP contribution in [-0.2, 0) is 4.79 Å². The zero-order chi connectivity index (χ0) is 16.9. The van der Waals surface area contributed by atoms with Gasteiger partial charge in [-0.1, -0.05) is 19.3 Å². The second-order valence-electron chi connectivity index (χ2n) is 6.87. The van der Waals surface area contributed by atoms with Crippen LogP contribution in [0.5, 0.6) is 0 Å². The van der Waals surface area contributed by atoms with Crippen LogP contribution in [0.4, 0.5) is 5.69 Å². The molecule has 0 aliphatic heterocycles. The largest absolute Gasteiger partial charge is 0.326 e. The minimum atomic E-state index is -0.222. The van der Waals surface area contributed by atoms with E-state index in [0.29, 0.717) is 11.5 Å². The van der Waals surface area contributed by atoms with Gasteiger partial charge in [0.25, 0.3) is 5.91 Å². The summed E-state index contributed by atoms with van der Waals surface area (Å²) < 4.78 is 0. The van der Waals surface area contributed by atoms with Crippen LogP contribution in [0.1, 0.15) is 62.2 Å². The minimum Gasteiger partial charge on any atom is -0.326 e. The molecule has 0 unspecified atom stereocenters. The number of rotatable bonds is 5. The smallest absolute Gasteiger partial charge is 0.271 e. The Balaban J connectivity index is 1.53. The van der Waals surface area contributed by atoms with E-state index >= 15 is 0 Å². The monoisotopic (exact) mass is 327 g/mol. The van der Waals surface area contributed by atoms with Gasteiger partial charge in [0, 0.05) is 22.9 Å². The van der Waals surface area contributed by atoms with Crippen LogP contribution >= 0.6 is 0 Å². The second-order valence-corrected chi connectivity index (χ2v) is 6.87. The van der Waals surface area contributed by atoms with Crippen molar-refractivity contribution in [3.63, 3.8) is 0 Å². The normalized spacial score (nSPS) is 19.0. The molecule has 128 valence electrons. The molecule has 1 aromatic rings. The van der Waals surface area contributed by atoms with Crippen molar-refractivity contribution in [3.05, 3.63) is 29.8 Å². The molecule has 5 heteroatoms. The molecule has 0 radical (unpaired) electrons. The van der Waals surface area contributed by atoms with Crippen LogP contribution < -0.4 is 10.7 Å². The quantitative estimate of drug-likeness (QED) is 0.639. The summed E-state index contributed by atoms with van der Waals surface area (Å²) in [5, 5.41) is 7.09. The molecule has 1 aromatic carbocycles. The predicted molar refractivity (Wildman–Crippen MR) is 94.9 cm³/mol. The fraction of sp³-hybridized carbons (Fsp3) is 0.526. The Labute approximate surface area is 142 Å². The maximum absolute atomic E-state index is 12.2.